The lowest BCUT2D eigenvalue weighted by atomic mass is 10.1. The molecule has 0 saturated heterocycles. The van der Waals surface area contributed by atoms with Crippen LogP contribution in [-0.2, 0) is 4.79 Å². The number of carbonyl (C=O) groups excluding carboxylic acids is 1. The number of phenolic OH excluding ortho intramolecular Hbond substituents is 1. The Hall–Kier alpha value is -3.34. The Balaban J connectivity index is 1.58. The van der Waals surface area contributed by atoms with Crippen molar-refractivity contribution in [1.82, 2.24) is 5.43 Å². The fourth-order valence-corrected chi connectivity index (χ4v) is 2.27. The van der Waals surface area contributed by atoms with Crippen LogP contribution in [0.4, 0.5) is 0 Å². The number of hydrogen-bond acceptors (Lipinski definition) is 4. The number of amides is 1. The van der Waals surface area contributed by atoms with Crippen LogP contribution in [0, 0.1) is 0 Å². The molecule has 3 aromatic carbocycles. The summed E-state index contributed by atoms with van der Waals surface area (Å²) in [7, 11) is 0. The number of nitrogens with one attached hydrogen (secondary N) is 1. The lowest BCUT2D eigenvalue weighted by molar-refractivity contribution is -0.123. The lowest BCUT2D eigenvalue weighted by Gasteiger charge is -2.08. The van der Waals surface area contributed by atoms with Gasteiger partial charge in [-0.3, -0.25) is 4.79 Å². The third-order valence-corrected chi connectivity index (χ3v) is 3.44. The predicted molar refractivity (Wildman–Crippen MR) is 93.3 cm³/mol. The van der Waals surface area contributed by atoms with Crippen LogP contribution in [0.3, 0.4) is 0 Å². The van der Waals surface area contributed by atoms with Gasteiger partial charge in [0.25, 0.3) is 5.91 Å². The molecule has 3 rings (SSSR count). The van der Waals surface area contributed by atoms with Gasteiger partial charge in [0, 0.05) is 10.9 Å². The van der Waals surface area contributed by atoms with Crippen LogP contribution in [0.15, 0.2) is 71.8 Å². The molecule has 0 spiro atoms. The minimum absolute atomic E-state index is 0.0995. The molecule has 0 atom stereocenters. The number of hydrogen-bond donors (Lipinski definition) is 2. The number of phenols is 1. The summed E-state index contributed by atoms with van der Waals surface area (Å²) in [6.45, 7) is -0.147. The first-order chi connectivity index (χ1) is 11.7. The molecule has 0 heterocycles. The summed E-state index contributed by atoms with van der Waals surface area (Å²) in [5.74, 6) is 0.366. The maximum absolute atomic E-state index is 11.8. The summed E-state index contributed by atoms with van der Waals surface area (Å²) in [5, 5.41) is 15.4. The second-order valence-electron chi connectivity index (χ2n) is 5.12. The van der Waals surface area contributed by atoms with E-state index in [1.807, 2.05) is 42.5 Å². The van der Waals surface area contributed by atoms with Gasteiger partial charge in [0.15, 0.2) is 6.61 Å². The van der Waals surface area contributed by atoms with Crippen molar-refractivity contribution in [2.75, 3.05) is 6.61 Å². The van der Waals surface area contributed by atoms with E-state index in [2.05, 4.69) is 10.5 Å². The molecule has 3 aromatic rings. The number of fused-ring (bicyclic) bond motifs is 1. The van der Waals surface area contributed by atoms with Crippen LogP contribution >= 0.6 is 0 Å². The molecule has 2 N–H and O–H groups in total. The number of carbonyl (C=O) groups is 1. The van der Waals surface area contributed by atoms with E-state index in [0.717, 1.165) is 10.8 Å². The molecule has 0 fully saturated rings. The van der Waals surface area contributed by atoms with E-state index in [1.54, 1.807) is 24.3 Å². The maximum atomic E-state index is 11.8. The van der Waals surface area contributed by atoms with Gasteiger partial charge in [0.1, 0.15) is 11.5 Å². The van der Waals surface area contributed by atoms with Gasteiger partial charge in [-0.05, 0) is 23.6 Å². The van der Waals surface area contributed by atoms with Gasteiger partial charge in [-0.2, -0.15) is 5.10 Å². The van der Waals surface area contributed by atoms with Crippen LogP contribution in [0.1, 0.15) is 5.56 Å². The number of benzene rings is 3. The monoisotopic (exact) mass is 320 g/mol. The zero-order chi connectivity index (χ0) is 16.8. The number of nitrogens with zero attached hydrogens (tertiary/aromatic N) is 1. The second-order valence-corrected chi connectivity index (χ2v) is 5.12. The molecule has 0 aliphatic carbocycles. The number of hydrazone groups is 1. The van der Waals surface area contributed by atoms with Crippen molar-refractivity contribution in [2.45, 2.75) is 0 Å². The molecule has 0 aromatic heterocycles. The predicted octanol–water partition coefficient (Wildman–Crippen LogP) is 3.07. The summed E-state index contributed by atoms with van der Waals surface area (Å²) in [5.41, 5.74) is 2.89. The second kappa shape index (κ2) is 7.28. The Morgan fingerprint density at radius 3 is 2.67 bits per heavy atom. The number of aromatic hydroxyl groups is 1. The zero-order valence-electron chi connectivity index (χ0n) is 12.8. The van der Waals surface area contributed by atoms with Crippen LogP contribution in [0.25, 0.3) is 10.8 Å². The molecule has 120 valence electrons. The van der Waals surface area contributed by atoms with Gasteiger partial charge < -0.3 is 9.84 Å². The molecule has 5 heteroatoms. The lowest BCUT2D eigenvalue weighted by Crippen LogP contribution is -2.24. The van der Waals surface area contributed by atoms with E-state index in [4.69, 9.17) is 4.74 Å². The molecule has 0 unspecified atom stereocenters. The van der Waals surface area contributed by atoms with E-state index >= 15 is 0 Å². The smallest absolute Gasteiger partial charge is 0.277 e. The average Bonchev–Trinajstić information content (AvgIpc) is 2.61. The Bertz CT molecular complexity index is 885. The number of para-hydroxylation sites is 1. The number of ether oxygens (including phenoxy) is 1. The van der Waals surface area contributed by atoms with Gasteiger partial charge in [0.05, 0.1) is 6.21 Å². The Kier molecular flexibility index (Phi) is 4.72. The van der Waals surface area contributed by atoms with Crippen LogP contribution < -0.4 is 10.2 Å². The fraction of sp³-hybridized carbons (Fsp3) is 0.0526. The molecule has 0 bridgehead atoms. The molecule has 5 nitrogen and oxygen atoms in total. The van der Waals surface area contributed by atoms with Crippen molar-refractivity contribution in [3.63, 3.8) is 0 Å². The van der Waals surface area contributed by atoms with Crippen molar-refractivity contribution in [2.24, 2.45) is 5.10 Å². The quantitative estimate of drug-likeness (QED) is 0.560. The van der Waals surface area contributed by atoms with Crippen molar-refractivity contribution in [1.29, 1.82) is 0 Å². The van der Waals surface area contributed by atoms with E-state index < -0.39 is 0 Å². The topological polar surface area (TPSA) is 70.9 Å². The summed E-state index contributed by atoms with van der Waals surface area (Å²) >= 11 is 0. The average molecular weight is 320 g/mol. The highest BCUT2D eigenvalue weighted by atomic mass is 16.5. The van der Waals surface area contributed by atoms with Crippen LogP contribution in [-0.4, -0.2) is 23.8 Å². The molecule has 0 aliphatic heterocycles. The third kappa shape index (κ3) is 3.70. The first-order valence-electron chi connectivity index (χ1n) is 7.44. The molecule has 1 amide bonds. The zero-order valence-corrected chi connectivity index (χ0v) is 12.8. The Labute approximate surface area is 139 Å². The Morgan fingerprint density at radius 2 is 1.79 bits per heavy atom. The van der Waals surface area contributed by atoms with E-state index in [9.17, 15) is 9.90 Å². The summed E-state index contributed by atoms with van der Waals surface area (Å²) in [4.78, 5) is 11.8. The maximum Gasteiger partial charge on any atom is 0.277 e. The van der Waals surface area contributed by atoms with Crippen LogP contribution in [0.5, 0.6) is 11.5 Å². The highest BCUT2D eigenvalue weighted by molar-refractivity contribution is 5.89. The standard InChI is InChI=1S/C19H16N2O3/c22-17-10-4-2-7-15(17)12-20-21-19(23)13-24-18-11-5-8-14-6-1-3-9-16(14)18/h1-12,22H,13H2,(H,21,23)/b20-12-. The van der Waals surface area contributed by atoms with Gasteiger partial charge in [-0.25, -0.2) is 5.43 Å². The van der Waals surface area contributed by atoms with Gasteiger partial charge in [0.2, 0.25) is 0 Å². The van der Waals surface area contributed by atoms with E-state index in [1.165, 1.54) is 6.21 Å². The molecule has 24 heavy (non-hydrogen) atoms. The SMILES string of the molecule is O=C(COc1cccc2ccccc12)N/N=C\c1ccccc1O. The first-order valence-corrected chi connectivity index (χ1v) is 7.44. The summed E-state index contributed by atoms with van der Waals surface area (Å²) < 4.78 is 5.57. The number of rotatable bonds is 5. The normalized spacial score (nSPS) is 10.8. The third-order valence-electron chi connectivity index (χ3n) is 3.44. The summed E-state index contributed by atoms with van der Waals surface area (Å²) in [6.07, 6.45) is 1.38. The van der Waals surface area contributed by atoms with Gasteiger partial charge in [-0.1, -0.05) is 48.5 Å². The molecular weight excluding hydrogens is 304 g/mol. The van der Waals surface area contributed by atoms with Crippen LogP contribution in [0.2, 0.25) is 0 Å². The minimum atomic E-state index is -0.380. The fourth-order valence-electron chi connectivity index (χ4n) is 2.27. The molecule has 0 saturated carbocycles. The first kappa shape index (κ1) is 15.6. The van der Waals surface area contributed by atoms with Crippen molar-refractivity contribution < 1.29 is 14.6 Å². The van der Waals surface area contributed by atoms with Gasteiger partial charge in [-0.15, -0.1) is 0 Å². The molecular formula is C19H16N2O3. The van der Waals surface area contributed by atoms with Crippen molar-refractivity contribution in [3.8, 4) is 11.5 Å². The van der Waals surface area contributed by atoms with Crippen molar-refractivity contribution >= 4 is 22.9 Å². The minimum Gasteiger partial charge on any atom is -0.507 e. The summed E-state index contributed by atoms with van der Waals surface area (Å²) in [6, 6.07) is 20.2. The van der Waals surface area contributed by atoms with Gasteiger partial charge >= 0.3 is 0 Å². The molecule has 0 aliphatic rings. The van der Waals surface area contributed by atoms with E-state index in [0.29, 0.717) is 11.3 Å². The largest absolute Gasteiger partial charge is 0.507 e. The molecule has 0 radical (unpaired) electrons. The highest BCUT2D eigenvalue weighted by Gasteiger charge is 2.05. The highest BCUT2D eigenvalue weighted by Crippen LogP contribution is 2.24. The Morgan fingerprint density at radius 1 is 1.04 bits per heavy atom. The van der Waals surface area contributed by atoms with E-state index in [-0.39, 0.29) is 18.3 Å². The van der Waals surface area contributed by atoms with Crippen molar-refractivity contribution in [3.05, 3.63) is 72.3 Å².